The van der Waals surface area contributed by atoms with Crippen LogP contribution in [0.4, 0.5) is 0 Å². The molecule has 0 aliphatic carbocycles. The van der Waals surface area contributed by atoms with Gasteiger partial charge in [0.25, 0.3) is 0 Å². The van der Waals surface area contributed by atoms with Crippen LogP contribution in [0, 0.1) is 0 Å². The number of thiocarbonyl (C=S) groups is 1. The summed E-state index contributed by atoms with van der Waals surface area (Å²) in [5.41, 5.74) is 6.30. The summed E-state index contributed by atoms with van der Waals surface area (Å²) in [6, 6.07) is 5.33. The van der Waals surface area contributed by atoms with Gasteiger partial charge in [0, 0.05) is 18.6 Å². The quantitative estimate of drug-likeness (QED) is 0.571. The molecule has 0 radical (unpaired) electrons. The molecular weight excluding hydrogens is 238 g/mol. The summed E-state index contributed by atoms with van der Waals surface area (Å²) in [5.74, 6) is 1.26. The van der Waals surface area contributed by atoms with Gasteiger partial charge in [0.2, 0.25) is 0 Å². The van der Waals surface area contributed by atoms with Gasteiger partial charge in [-0.25, -0.2) is 0 Å². The molecule has 0 heterocycles. The van der Waals surface area contributed by atoms with Crippen LogP contribution < -0.4 is 15.2 Å². The van der Waals surface area contributed by atoms with Gasteiger partial charge in [-0.2, -0.15) is 0 Å². The molecule has 0 bridgehead atoms. The Morgan fingerprint density at radius 1 is 1.35 bits per heavy atom. The lowest BCUT2D eigenvalue weighted by atomic mass is 10.2. The summed E-state index contributed by atoms with van der Waals surface area (Å²) in [4.78, 5) is 0.327. The van der Waals surface area contributed by atoms with Crippen LogP contribution in [0.1, 0.15) is 18.9 Å². The molecule has 0 aromatic heterocycles. The monoisotopic (exact) mass is 255 g/mol. The van der Waals surface area contributed by atoms with Crippen molar-refractivity contribution < 1.29 is 14.6 Å². The van der Waals surface area contributed by atoms with Gasteiger partial charge in [-0.05, 0) is 25.1 Å². The molecule has 3 N–H and O–H groups in total. The molecule has 94 valence electrons. The second-order valence-corrected chi connectivity index (χ2v) is 3.82. The molecule has 0 aliphatic heterocycles. The van der Waals surface area contributed by atoms with Crippen LogP contribution in [0.5, 0.6) is 11.5 Å². The van der Waals surface area contributed by atoms with Crippen molar-refractivity contribution in [3.8, 4) is 11.5 Å². The lowest BCUT2D eigenvalue weighted by Gasteiger charge is -2.12. The Hall–Kier alpha value is -1.33. The summed E-state index contributed by atoms with van der Waals surface area (Å²) >= 11 is 4.90. The molecule has 17 heavy (non-hydrogen) atoms. The lowest BCUT2D eigenvalue weighted by Crippen LogP contribution is -2.10. The van der Waals surface area contributed by atoms with E-state index in [1.807, 2.05) is 6.92 Å². The molecule has 0 amide bonds. The fourth-order valence-corrected chi connectivity index (χ4v) is 1.42. The van der Waals surface area contributed by atoms with E-state index in [0.29, 0.717) is 36.1 Å². The second kappa shape index (κ2) is 7.09. The fraction of sp³-hybridized carbons (Fsp3) is 0.417. The molecule has 0 fully saturated rings. The molecule has 4 nitrogen and oxygen atoms in total. The van der Waals surface area contributed by atoms with Crippen LogP contribution in [-0.2, 0) is 0 Å². The Balaban J connectivity index is 2.83. The van der Waals surface area contributed by atoms with Gasteiger partial charge < -0.3 is 20.3 Å². The summed E-state index contributed by atoms with van der Waals surface area (Å²) in [5, 5.41) is 8.69. The Morgan fingerprint density at radius 3 is 2.71 bits per heavy atom. The van der Waals surface area contributed by atoms with Gasteiger partial charge in [-0.1, -0.05) is 12.2 Å². The first-order chi connectivity index (χ1) is 8.19. The Kier molecular flexibility index (Phi) is 5.72. The zero-order valence-corrected chi connectivity index (χ0v) is 10.6. The summed E-state index contributed by atoms with van der Waals surface area (Å²) in [6.45, 7) is 2.99. The van der Waals surface area contributed by atoms with Crippen molar-refractivity contribution in [3.63, 3.8) is 0 Å². The first-order valence-electron chi connectivity index (χ1n) is 5.49. The van der Waals surface area contributed by atoms with Gasteiger partial charge in [0.05, 0.1) is 13.2 Å². The van der Waals surface area contributed by atoms with Gasteiger partial charge in [-0.3, -0.25) is 0 Å². The highest BCUT2D eigenvalue weighted by Crippen LogP contribution is 2.28. The van der Waals surface area contributed by atoms with Crippen LogP contribution >= 0.6 is 12.2 Å². The largest absolute Gasteiger partial charge is 0.490 e. The zero-order chi connectivity index (χ0) is 12.7. The molecule has 5 heteroatoms. The molecule has 1 aromatic rings. The SMILES string of the molecule is CCOc1cc(C(N)=S)ccc1OCCCO. The highest BCUT2D eigenvalue weighted by atomic mass is 32.1. The average Bonchev–Trinajstić information content (AvgIpc) is 2.31. The first-order valence-corrected chi connectivity index (χ1v) is 5.90. The van der Waals surface area contributed by atoms with Crippen molar-refractivity contribution in [1.82, 2.24) is 0 Å². The first kappa shape index (κ1) is 13.7. The molecule has 1 rings (SSSR count). The van der Waals surface area contributed by atoms with Crippen LogP contribution in [0.2, 0.25) is 0 Å². The van der Waals surface area contributed by atoms with E-state index >= 15 is 0 Å². The molecule has 0 unspecified atom stereocenters. The van der Waals surface area contributed by atoms with Crippen molar-refractivity contribution >= 4 is 17.2 Å². The van der Waals surface area contributed by atoms with Crippen LogP contribution in [-0.4, -0.2) is 29.9 Å². The predicted octanol–water partition coefficient (Wildman–Crippen LogP) is 1.48. The minimum atomic E-state index is 0.106. The van der Waals surface area contributed by atoms with E-state index in [4.69, 9.17) is 32.5 Å². The van der Waals surface area contributed by atoms with E-state index in [1.54, 1.807) is 18.2 Å². The maximum absolute atomic E-state index is 8.69. The number of benzene rings is 1. The van der Waals surface area contributed by atoms with Crippen molar-refractivity contribution in [3.05, 3.63) is 23.8 Å². The predicted molar refractivity (Wildman–Crippen MR) is 70.7 cm³/mol. The third-order valence-electron chi connectivity index (χ3n) is 2.09. The maximum atomic E-state index is 8.69. The Bertz CT molecular complexity index is 382. The standard InChI is InChI=1S/C12H17NO3S/c1-2-15-11-8-9(12(13)17)4-5-10(11)16-7-3-6-14/h4-5,8,14H,2-3,6-7H2,1H3,(H2,13,17). The summed E-state index contributed by atoms with van der Waals surface area (Å²) in [6.07, 6.45) is 0.586. The number of ether oxygens (including phenoxy) is 2. The number of rotatable bonds is 7. The number of hydrogen-bond donors (Lipinski definition) is 2. The van der Waals surface area contributed by atoms with Crippen LogP contribution in [0.3, 0.4) is 0 Å². The topological polar surface area (TPSA) is 64.7 Å². The van der Waals surface area contributed by atoms with E-state index in [-0.39, 0.29) is 6.61 Å². The maximum Gasteiger partial charge on any atom is 0.161 e. The lowest BCUT2D eigenvalue weighted by molar-refractivity contribution is 0.225. The molecule has 0 saturated heterocycles. The zero-order valence-electron chi connectivity index (χ0n) is 9.81. The highest BCUT2D eigenvalue weighted by molar-refractivity contribution is 7.80. The number of nitrogens with two attached hydrogens (primary N) is 1. The average molecular weight is 255 g/mol. The smallest absolute Gasteiger partial charge is 0.161 e. The normalized spacial score (nSPS) is 10.0. The Labute approximate surface area is 106 Å². The van der Waals surface area contributed by atoms with Gasteiger partial charge >= 0.3 is 0 Å². The third-order valence-corrected chi connectivity index (χ3v) is 2.32. The molecule has 0 atom stereocenters. The number of hydrogen-bond acceptors (Lipinski definition) is 4. The van der Waals surface area contributed by atoms with Crippen LogP contribution in [0.15, 0.2) is 18.2 Å². The fourth-order valence-electron chi connectivity index (χ4n) is 1.30. The summed E-state index contributed by atoms with van der Waals surface area (Å²) < 4.78 is 11.0. The molecule has 0 aliphatic rings. The highest BCUT2D eigenvalue weighted by Gasteiger charge is 2.07. The molecule has 0 spiro atoms. The van der Waals surface area contributed by atoms with Crippen molar-refractivity contribution in [1.29, 1.82) is 0 Å². The number of aliphatic hydroxyl groups is 1. The molecular formula is C12H17NO3S. The van der Waals surface area contributed by atoms with Crippen molar-refractivity contribution in [2.24, 2.45) is 5.73 Å². The third kappa shape index (κ3) is 4.20. The van der Waals surface area contributed by atoms with Gasteiger partial charge in [0.15, 0.2) is 11.5 Å². The minimum Gasteiger partial charge on any atom is -0.490 e. The molecule has 1 aromatic carbocycles. The van der Waals surface area contributed by atoms with Gasteiger partial charge in [-0.15, -0.1) is 0 Å². The van der Waals surface area contributed by atoms with Crippen molar-refractivity contribution in [2.75, 3.05) is 19.8 Å². The van der Waals surface area contributed by atoms with E-state index in [2.05, 4.69) is 0 Å². The summed E-state index contributed by atoms with van der Waals surface area (Å²) in [7, 11) is 0. The van der Waals surface area contributed by atoms with E-state index in [1.165, 1.54) is 0 Å². The van der Waals surface area contributed by atoms with Crippen LogP contribution in [0.25, 0.3) is 0 Å². The van der Waals surface area contributed by atoms with E-state index in [9.17, 15) is 0 Å². The number of aliphatic hydroxyl groups excluding tert-OH is 1. The van der Waals surface area contributed by atoms with E-state index in [0.717, 1.165) is 5.56 Å². The van der Waals surface area contributed by atoms with E-state index < -0.39 is 0 Å². The minimum absolute atomic E-state index is 0.106. The second-order valence-electron chi connectivity index (χ2n) is 3.38. The van der Waals surface area contributed by atoms with Crippen molar-refractivity contribution in [2.45, 2.75) is 13.3 Å². The Morgan fingerprint density at radius 2 is 2.12 bits per heavy atom. The molecule has 0 saturated carbocycles. The van der Waals surface area contributed by atoms with Gasteiger partial charge in [0.1, 0.15) is 4.99 Å².